The van der Waals surface area contributed by atoms with Crippen molar-refractivity contribution < 1.29 is 0 Å². The molecule has 3 aliphatic rings. The fourth-order valence-corrected chi connectivity index (χ4v) is 2.48. The van der Waals surface area contributed by atoms with Crippen molar-refractivity contribution in [3.05, 3.63) is 34.8 Å². The second kappa shape index (κ2) is 3.39. The highest BCUT2D eigenvalue weighted by Crippen LogP contribution is 2.17. The molecule has 1 aromatic carbocycles. The molecule has 0 aromatic heterocycles. The van der Waals surface area contributed by atoms with Gasteiger partial charge in [0.2, 0.25) is 0 Å². The number of nitrogens with two attached hydrogens (primary N) is 1. The van der Waals surface area contributed by atoms with E-state index in [0.29, 0.717) is 12.5 Å². The number of nitrogens with one attached hydrogen (secondary N) is 1. The van der Waals surface area contributed by atoms with Crippen molar-refractivity contribution in [1.82, 2.24) is 10.2 Å². The lowest BCUT2D eigenvalue weighted by Crippen LogP contribution is -2.44. The highest BCUT2D eigenvalue weighted by Gasteiger charge is 2.39. The third-order valence-electron chi connectivity index (χ3n) is 3.36. The van der Waals surface area contributed by atoms with Crippen molar-refractivity contribution in [2.45, 2.75) is 12.3 Å². The minimum atomic E-state index is -0.129. The first kappa shape index (κ1) is 9.78. The summed E-state index contributed by atoms with van der Waals surface area (Å²) in [5.74, 6) is 1.49. The van der Waals surface area contributed by atoms with Gasteiger partial charge in [0.15, 0.2) is 6.29 Å². The molecule has 1 fully saturated rings. The first-order chi connectivity index (χ1) is 8.83. The Hall–Kier alpha value is -2.21. The molecular weight excluding hydrogens is 228 g/mol. The summed E-state index contributed by atoms with van der Waals surface area (Å²) >= 11 is 0. The number of benzene rings is 1. The molecule has 90 valence electrons. The number of nitrogens with zero attached hydrogens (tertiary/aromatic N) is 4. The highest BCUT2D eigenvalue weighted by atomic mass is 15.5. The van der Waals surface area contributed by atoms with Gasteiger partial charge in [-0.25, -0.2) is 15.0 Å². The van der Waals surface area contributed by atoms with Crippen LogP contribution in [-0.2, 0) is 0 Å². The summed E-state index contributed by atoms with van der Waals surface area (Å²) in [5, 5.41) is 5.41. The van der Waals surface area contributed by atoms with Gasteiger partial charge in [-0.15, -0.1) is 0 Å². The number of amidine groups is 2. The van der Waals surface area contributed by atoms with Gasteiger partial charge >= 0.3 is 0 Å². The van der Waals surface area contributed by atoms with Gasteiger partial charge in [0.05, 0.1) is 5.36 Å². The Morgan fingerprint density at radius 2 is 2.17 bits per heavy atom. The van der Waals surface area contributed by atoms with Gasteiger partial charge in [-0.2, -0.15) is 0 Å². The fourth-order valence-electron chi connectivity index (χ4n) is 2.48. The zero-order chi connectivity index (χ0) is 12.1. The lowest BCUT2D eigenvalue weighted by Gasteiger charge is -2.22. The van der Waals surface area contributed by atoms with Crippen LogP contribution in [0.15, 0.2) is 39.2 Å². The molecule has 1 aromatic rings. The Labute approximate surface area is 103 Å². The lowest BCUT2D eigenvalue weighted by atomic mass is 10.2. The molecule has 18 heavy (non-hydrogen) atoms. The van der Waals surface area contributed by atoms with Crippen LogP contribution in [0.3, 0.4) is 0 Å². The molecule has 0 aliphatic carbocycles. The average Bonchev–Trinajstić information content (AvgIpc) is 2.76. The van der Waals surface area contributed by atoms with Crippen molar-refractivity contribution >= 4 is 17.9 Å². The van der Waals surface area contributed by atoms with Crippen LogP contribution in [0.25, 0.3) is 6.20 Å². The largest absolute Gasteiger partial charge is 0.386 e. The summed E-state index contributed by atoms with van der Waals surface area (Å²) in [6.45, 7) is 0.401. The van der Waals surface area contributed by atoms with Gasteiger partial charge in [-0.05, 0) is 6.07 Å². The average molecular weight is 240 g/mol. The van der Waals surface area contributed by atoms with E-state index in [2.05, 4.69) is 26.5 Å². The molecular formula is C12H12N6. The van der Waals surface area contributed by atoms with E-state index in [9.17, 15) is 0 Å². The first-order valence-corrected chi connectivity index (χ1v) is 5.86. The zero-order valence-electron chi connectivity index (χ0n) is 9.61. The monoisotopic (exact) mass is 240 g/mol. The summed E-state index contributed by atoms with van der Waals surface area (Å²) in [7, 11) is 0. The van der Waals surface area contributed by atoms with E-state index in [-0.39, 0.29) is 12.3 Å². The van der Waals surface area contributed by atoms with Gasteiger partial charge in [0.1, 0.15) is 24.4 Å². The van der Waals surface area contributed by atoms with E-state index in [1.165, 1.54) is 0 Å². The quantitative estimate of drug-likeness (QED) is 0.570. The lowest BCUT2D eigenvalue weighted by molar-refractivity contribution is 0.413. The van der Waals surface area contributed by atoms with Crippen LogP contribution < -0.4 is 21.6 Å². The zero-order valence-corrected chi connectivity index (χ0v) is 9.61. The predicted molar refractivity (Wildman–Crippen MR) is 68.2 cm³/mol. The Morgan fingerprint density at radius 1 is 1.28 bits per heavy atom. The van der Waals surface area contributed by atoms with E-state index in [0.717, 1.165) is 16.4 Å². The van der Waals surface area contributed by atoms with Crippen LogP contribution in [0, 0.1) is 0 Å². The number of fused-ring (bicyclic) bond motifs is 4. The molecule has 6 nitrogen and oxygen atoms in total. The molecule has 3 heterocycles. The Kier molecular flexibility index (Phi) is 1.84. The molecule has 0 radical (unpaired) electrons. The van der Waals surface area contributed by atoms with Crippen LogP contribution in [0.2, 0.25) is 0 Å². The topological polar surface area (TPSA) is 78.4 Å². The third-order valence-corrected chi connectivity index (χ3v) is 3.36. The first-order valence-electron chi connectivity index (χ1n) is 5.86. The minimum absolute atomic E-state index is 0.113. The van der Waals surface area contributed by atoms with Crippen LogP contribution >= 0.6 is 0 Å². The second-order valence-corrected chi connectivity index (χ2v) is 4.44. The van der Waals surface area contributed by atoms with Crippen LogP contribution in [-0.4, -0.2) is 35.6 Å². The molecule has 0 amide bonds. The molecule has 1 saturated heterocycles. The van der Waals surface area contributed by atoms with E-state index in [1.54, 1.807) is 0 Å². The minimum Gasteiger partial charge on any atom is -0.386 e. The number of hydrogen-bond donors (Lipinski definition) is 2. The Balaban J connectivity index is 1.87. The highest BCUT2D eigenvalue weighted by molar-refractivity contribution is 6.12. The summed E-state index contributed by atoms with van der Waals surface area (Å²) < 4.78 is 0. The van der Waals surface area contributed by atoms with E-state index in [1.807, 2.05) is 29.2 Å². The van der Waals surface area contributed by atoms with Crippen LogP contribution in [0.4, 0.5) is 0 Å². The van der Waals surface area contributed by atoms with Gasteiger partial charge < -0.3 is 5.73 Å². The van der Waals surface area contributed by atoms with Gasteiger partial charge in [0, 0.05) is 11.4 Å². The summed E-state index contributed by atoms with van der Waals surface area (Å²) in [6, 6.07) is 7.93. The molecule has 6 heteroatoms. The molecule has 2 unspecified atom stereocenters. The number of hydrogen-bond acceptors (Lipinski definition) is 6. The van der Waals surface area contributed by atoms with Gasteiger partial charge in [-0.3, -0.25) is 10.2 Å². The normalized spacial score (nSPS) is 28.1. The molecule has 4 rings (SSSR count). The molecule has 3 N–H and O–H groups in total. The van der Waals surface area contributed by atoms with Crippen molar-refractivity contribution in [2.24, 2.45) is 20.7 Å². The van der Waals surface area contributed by atoms with Crippen LogP contribution in [0.1, 0.15) is 0 Å². The van der Waals surface area contributed by atoms with Gasteiger partial charge in [-0.1, -0.05) is 18.2 Å². The SMILES string of the molecule is NC1=NCN=C2C1NC1N=c3ccccc3=CN21. The molecule has 0 bridgehead atoms. The summed E-state index contributed by atoms with van der Waals surface area (Å²) in [5.41, 5.74) is 5.90. The van der Waals surface area contributed by atoms with Crippen molar-refractivity contribution in [2.75, 3.05) is 6.67 Å². The van der Waals surface area contributed by atoms with Crippen molar-refractivity contribution in [3.8, 4) is 0 Å². The molecule has 0 saturated carbocycles. The maximum absolute atomic E-state index is 5.90. The van der Waals surface area contributed by atoms with Crippen molar-refractivity contribution in [3.63, 3.8) is 0 Å². The predicted octanol–water partition coefficient (Wildman–Crippen LogP) is -1.66. The van der Waals surface area contributed by atoms with Crippen molar-refractivity contribution in [1.29, 1.82) is 0 Å². The maximum Gasteiger partial charge on any atom is 0.182 e. The van der Waals surface area contributed by atoms with E-state index < -0.39 is 0 Å². The van der Waals surface area contributed by atoms with E-state index >= 15 is 0 Å². The standard InChI is InChI=1S/C12H12N6/c13-10-9-11(15-6-14-10)18-5-7-3-1-2-4-8(7)16-12(18)17-9/h1-5,9,12,17H,6H2,(H2,13,14). The summed E-state index contributed by atoms with van der Waals surface area (Å²) in [4.78, 5) is 15.3. The number of aliphatic imine (C=N–C) groups is 2. The smallest absolute Gasteiger partial charge is 0.182 e. The summed E-state index contributed by atoms with van der Waals surface area (Å²) in [6.07, 6.45) is 1.94. The molecule has 3 aliphatic heterocycles. The third kappa shape index (κ3) is 1.23. The molecule has 0 spiro atoms. The van der Waals surface area contributed by atoms with Gasteiger partial charge in [0.25, 0.3) is 0 Å². The number of para-hydroxylation sites is 1. The molecule has 2 atom stereocenters. The van der Waals surface area contributed by atoms with E-state index in [4.69, 9.17) is 5.73 Å². The maximum atomic E-state index is 5.90. The Bertz CT molecular complexity index is 689. The Morgan fingerprint density at radius 3 is 3.11 bits per heavy atom. The fraction of sp³-hybridized carbons (Fsp3) is 0.250. The second-order valence-electron chi connectivity index (χ2n) is 4.44. The number of rotatable bonds is 0. The van der Waals surface area contributed by atoms with Crippen LogP contribution in [0.5, 0.6) is 0 Å².